The van der Waals surface area contributed by atoms with Gasteiger partial charge in [0.2, 0.25) is 0 Å². The second kappa shape index (κ2) is 5.23. The van der Waals surface area contributed by atoms with E-state index in [0.717, 1.165) is 23.8 Å². The Labute approximate surface area is 107 Å². The molecule has 4 heteroatoms. The zero-order valence-electron chi connectivity index (χ0n) is 10.2. The summed E-state index contributed by atoms with van der Waals surface area (Å²) in [6.07, 6.45) is 6.92. The summed E-state index contributed by atoms with van der Waals surface area (Å²) < 4.78 is 0. The molecule has 92 valence electrons. The lowest BCUT2D eigenvalue weighted by Gasteiger charge is -2.04. The first-order valence-electron chi connectivity index (χ1n) is 6.34. The molecule has 0 bridgehead atoms. The molecule has 18 heavy (non-hydrogen) atoms. The van der Waals surface area contributed by atoms with Gasteiger partial charge < -0.3 is 5.32 Å². The second-order valence-corrected chi connectivity index (χ2v) is 4.62. The maximum atomic E-state index is 4.55. The van der Waals surface area contributed by atoms with Crippen LogP contribution in [0, 0.1) is 0 Å². The van der Waals surface area contributed by atoms with E-state index in [1.807, 2.05) is 30.5 Å². The molecule has 1 saturated carbocycles. The average Bonchev–Trinajstić information content (AvgIpc) is 3.22. The van der Waals surface area contributed by atoms with Crippen molar-refractivity contribution in [2.75, 3.05) is 0 Å². The third-order valence-corrected chi connectivity index (χ3v) is 2.98. The van der Waals surface area contributed by atoms with Crippen LogP contribution in [0.25, 0.3) is 0 Å². The minimum absolute atomic E-state index is 0.693. The molecule has 4 nitrogen and oxygen atoms in total. The van der Waals surface area contributed by atoms with Crippen molar-refractivity contribution in [3.63, 3.8) is 0 Å². The van der Waals surface area contributed by atoms with E-state index in [0.29, 0.717) is 12.5 Å². The summed E-state index contributed by atoms with van der Waals surface area (Å²) in [4.78, 5) is 13.1. The van der Waals surface area contributed by atoms with E-state index in [-0.39, 0.29) is 0 Å². The Morgan fingerprint density at radius 3 is 2.78 bits per heavy atom. The van der Waals surface area contributed by atoms with Crippen LogP contribution in [0.2, 0.25) is 0 Å². The molecule has 1 fully saturated rings. The zero-order valence-corrected chi connectivity index (χ0v) is 10.2. The normalized spacial score (nSPS) is 14.7. The standard InChI is InChI=1S/C14H16N4/c1-2-7-15-12(3-1)9-14-16-8-6-13(18-14)10-17-11-4-5-11/h1-3,6-8,11,17H,4-5,9-10H2. The monoisotopic (exact) mass is 240 g/mol. The number of hydrogen-bond donors (Lipinski definition) is 1. The first-order valence-corrected chi connectivity index (χ1v) is 6.34. The molecule has 0 radical (unpaired) electrons. The molecule has 0 atom stereocenters. The van der Waals surface area contributed by atoms with Crippen LogP contribution in [0.15, 0.2) is 36.7 Å². The van der Waals surface area contributed by atoms with Crippen LogP contribution < -0.4 is 5.32 Å². The molecule has 1 N–H and O–H groups in total. The summed E-state index contributed by atoms with van der Waals surface area (Å²) in [6.45, 7) is 0.836. The van der Waals surface area contributed by atoms with Gasteiger partial charge in [-0.05, 0) is 31.0 Å². The molecule has 1 aliphatic carbocycles. The van der Waals surface area contributed by atoms with Crippen molar-refractivity contribution in [3.8, 4) is 0 Å². The molecule has 0 unspecified atom stereocenters. The smallest absolute Gasteiger partial charge is 0.134 e. The van der Waals surface area contributed by atoms with Gasteiger partial charge in [0.05, 0.1) is 12.1 Å². The van der Waals surface area contributed by atoms with Gasteiger partial charge in [0.15, 0.2) is 0 Å². The van der Waals surface area contributed by atoms with E-state index in [1.54, 1.807) is 6.20 Å². The Morgan fingerprint density at radius 1 is 1.06 bits per heavy atom. The lowest BCUT2D eigenvalue weighted by molar-refractivity contribution is 0.668. The van der Waals surface area contributed by atoms with E-state index in [2.05, 4.69) is 20.3 Å². The van der Waals surface area contributed by atoms with Crippen LogP contribution in [0.4, 0.5) is 0 Å². The van der Waals surface area contributed by atoms with Gasteiger partial charge in [0.25, 0.3) is 0 Å². The molecule has 3 rings (SSSR count). The summed E-state index contributed by atoms with van der Waals surface area (Å²) in [5.74, 6) is 0.837. The number of nitrogens with zero attached hydrogens (tertiary/aromatic N) is 3. The van der Waals surface area contributed by atoms with Crippen LogP contribution in [0.3, 0.4) is 0 Å². The number of aromatic nitrogens is 3. The van der Waals surface area contributed by atoms with Crippen LogP contribution in [0.5, 0.6) is 0 Å². The molecular weight excluding hydrogens is 224 g/mol. The molecule has 0 saturated heterocycles. The number of rotatable bonds is 5. The molecule has 0 aromatic carbocycles. The fourth-order valence-electron chi connectivity index (χ4n) is 1.83. The minimum Gasteiger partial charge on any atom is -0.308 e. The van der Waals surface area contributed by atoms with Gasteiger partial charge in [-0.15, -0.1) is 0 Å². The summed E-state index contributed by atoms with van der Waals surface area (Å²) in [7, 11) is 0. The van der Waals surface area contributed by atoms with Gasteiger partial charge >= 0.3 is 0 Å². The van der Waals surface area contributed by atoms with E-state index in [1.165, 1.54) is 12.8 Å². The largest absolute Gasteiger partial charge is 0.308 e. The Hall–Kier alpha value is -1.81. The van der Waals surface area contributed by atoms with E-state index in [4.69, 9.17) is 0 Å². The van der Waals surface area contributed by atoms with Gasteiger partial charge in [-0.1, -0.05) is 6.07 Å². The van der Waals surface area contributed by atoms with Crippen molar-refractivity contribution in [1.29, 1.82) is 0 Å². The van der Waals surface area contributed by atoms with Crippen molar-refractivity contribution in [1.82, 2.24) is 20.3 Å². The Morgan fingerprint density at radius 2 is 2.00 bits per heavy atom. The molecule has 0 amide bonds. The lowest BCUT2D eigenvalue weighted by Crippen LogP contribution is -2.16. The zero-order chi connectivity index (χ0) is 12.2. The molecule has 2 heterocycles. The van der Waals surface area contributed by atoms with Crippen LogP contribution in [0.1, 0.15) is 30.1 Å². The van der Waals surface area contributed by atoms with E-state index >= 15 is 0 Å². The van der Waals surface area contributed by atoms with Gasteiger partial charge in [-0.2, -0.15) is 0 Å². The summed E-state index contributed by atoms with van der Waals surface area (Å²) in [6, 6.07) is 8.58. The van der Waals surface area contributed by atoms with E-state index < -0.39 is 0 Å². The summed E-state index contributed by atoms with van der Waals surface area (Å²) in [5, 5.41) is 3.46. The Kier molecular flexibility index (Phi) is 3.28. The fourth-order valence-corrected chi connectivity index (χ4v) is 1.83. The van der Waals surface area contributed by atoms with Crippen LogP contribution in [-0.2, 0) is 13.0 Å². The molecule has 1 aliphatic rings. The maximum Gasteiger partial charge on any atom is 0.134 e. The van der Waals surface area contributed by atoms with Gasteiger partial charge in [0.1, 0.15) is 5.82 Å². The highest BCUT2D eigenvalue weighted by Crippen LogP contribution is 2.18. The number of nitrogens with one attached hydrogen (secondary N) is 1. The minimum atomic E-state index is 0.693. The summed E-state index contributed by atoms with van der Waals surface area (Å²) >= 11 is 0. The van der Waals surface area contributed by atoms with Gasteiger partial charge in [-0.3, -0.25) is 4.98 Å². The Bertz CT molecular complexity index is 508. The molecular formula is C14H16N4. The molecule has 2 aromatic rings. The lowest BCUT2D eigenvalue weighted by atomic mass is 10.2. The summed E-state index contributed by atoms with van der Waals surface area (Å²) in [5.41, 5.74) is 2.06. The topological polar surface area (TPSA) is 50.7 Å². The van der Waals surface area contributed by atoms with Crippen LogP contribution in [-0.4, -0.2) is 21.0 Å². The number of pyridine rings is 1. The SMILES string of the molecule is c1ccc(Cc2nccc(CNC3CC3)n2)nc1. The van der Waals surface area contributed by atoms with Gasteiger partial charge in [0, 0.05) is 30.7 Å². The predicted molar refractivity (Wildman–Crippen MR) is 68.9 cm³/mol. The Balaban J connectivity index is 1.66. The highest BCUT2D eigenvalue weighted by Gasteiger charge is 2.20. The third-order valence-electron chi connectivity index (χ3n) is 2.98. The highest BCUT2D eigenvalue weighted by molar-refractivity contribution is 5.11. The van der Waals surface area contributed by atoms with E-state index in [9.17, 15) is 0 Å². The second-order valence-electron chi connectivity index (χ2n) is 4.62. The molecule has 0 aliphatic heterocycles. The van der Waals surface area contributed by atoms with Crippen molar-refractivity contribution in [3.05, 3.63) is 53.9 Å². The van der Waals surface area contributed by atoms with Crippen molar-refractivity contribution in [2.45, 2.75) is 31.8 Å². The predicted octanol–water partition coefficient (Wildman–Crippen LogP) is 1.71. The van der Waals surface area contributed by atoms with Crippen LogP contribution >= 0.6 is 0 Å². The van der Waals surface area contributed by atoms with Crippen molar-refractivity contribution in [2.24, 2.45) is 0 Å². The highest BCUT2D eigenvalue weighted by atomic mass is 15.0. The first kappa shape index (κ1) is 11.3. The molecule has 0 spiro atoms. The fraction of sp³-hybridized carbons (Fsp3) is 0.357. The maximum absolute atomic E-state index is 4.55. The van der Waals surface area contributed by atoms with Gasteiger partial charge in [-0.25, -0.2) is 9.97 Å². The van der Waals surface area contributed by atoms with Crippen molar-refractivity contribution >= 4 is 0 Å². The molecule has 2 aromatic heterocycles. The quantitative estimate of drug-likeness (QED) is 0.864. The third kappa shape index (κ3) is 3.11. The van der Waals surface area contributed by atoms with Crippen molar-refractivity contribution < 1.29 is 0 Å². The first-order chi connectivity index (χ1) is 8.90. The number of hydrogen-bond acceptors (Lipinski definition) is 4. The average molecular weight is 240 g/mol.